The summed E-state index contributed by atoms with van der Waals surface area (Å²) in [4.78, 5) is 2.06. The molecular weight excluding hydrogens is 344 g/mol. The fraction of sp³-hybridized carbons (Fsp3) is 0.333. The molecule has 0 bridgehead atoms. The highest BCUT2D eigenvalue weighted by Crippen LogP contribution is 2.32. The van der Waals surface area contributed by atoms with Crippen molar-refractivity contribution in [1.29, 1.82) is 0 Å². The molecular formula is C18H20O4S2. The number of phenolic OH excluding ortho intramolecular Hbond substituents is 1. The number of ether oxygens (including phenoxy) is 2. The lowest BCUT2D eigenvalue weighted by molar-refractivity contribution is 0.127. The van der Waals surface area contributed by atoms with E-state index in [4.69, 9.17) is 9.47 Å². The van der Waals surface area contributed by atoms with Gasteiger partial charge in [-0.15, -0.1) is 23.5 Å². The van der Waals surface area contributed by atoms with Crippen LogP contribution in [0.2, 0.25) is 0 Å². The summed E-state index contributed by atoms with van der Waals surface area (Å²) >= 11 is 3.29. The Labute approximate surface area is 150 Å². The van der Waals surface area contributed by atoms with Crippen LogP contribution >= 0.6 is 23.5 Å². The molecule has 0 spiro atoms. The van der Waals surface area contributed by atoms with Gasteiger partial charge in [-0.05, 0) is 24.3 Å². The van der Waals surface area contributed by atoms with Crippen LogP contribution < -0.4 is 4.74 Å². The smallest absolute Gasteiger partial charge is 0.132 e. The highest BCUT2D eigenvalue weighted by atomic mass is 32.2. The number of hydrogen-bond donors (Lipinski definition) is 2. The molecule has 128 valence electrons. The van der Waals surface area contributed by atoms with E-state index < -0.39 is 0 Å². The Morgan fingerprint density at radius 1 is 1.08 bits per heavy atom. The van der Waals surface area contributed by atoms with Crippen molar-refractivity contribution in [2.75, 3.05) is 24.7 Å². The quantitative estimate of drug-likeness (QED) is 0.643. The van der Waals surface area contributed by atoms with Crippen molar-refractivity contribution in [3.8, 4) is 11.5 Å². The highest BCUT2D eigenvalue weighted by Gasteiger charge is 2.22. The van der Waals surface area contributed by atoms with Crippen LogP contribution in [0.4, 0.5) is 0 Å². The lowest BCUT2D eigenvalue weighted by atomic mass is 10.3. The van der Waals surface area contributed by atoms with Gasteiger partial charge in [-0.25, -0.2) is 0 Å². The molecule has 6 heteroatoms. The van der Waals surface area contributed by atoms with Crippen LogP contribution in [-0.2, 0) is 4.74 Å². The number of benzene rings is 2. The second-order valence-corrected chi connectivity index (χ2v) is 7.58. The van der Waals surface area contributed by atoms with Crippen molar-refractivity contribution in [2.45, 2.75) is 22.0 Å². The topological polar surface area (TPSA) is 62.2 Å². The molecule has 4 nitrogen and oxygen atoms in total. The van der Waals surface area contributed by atoms with Crippen molar-refractivity contribution in [1.82, 2.24) is 0 Å². The fourth-order valence-corrected chi connectivity index (χ4v) is 3.90. The molecule has 2 unspecified atom stereocenters. The van der Waals surface area contributed by atoms with E-state index in [1.165, 1.54) is 0 Å². The first kappa shape index (κ1) is 17.5. The summed E-state index contributed by atoms with van der Waals surface area (Å²) in [6.45, 7) is 1.28. The third kappa shape index (κ3) is 5.34. The molecule has 0 amide bonds. The average molecular weight is 364 g/mol. The van der Waals surface area contributed by atoms with Crippen LogP contribution in [0.1, 0.15) is 0 Å². The number of aromatic hydroxyl groups is 1. The molecule has 4 rings (SSSR count). The largest absolute Gasteiger partial charge is 0.507 e. The van der Waals surface area contributed by atoms with Crippen LogP contribution in [-0.4, -0.2) is 47.1 Å². The van der Waals surface area contributed by atoms with Gasteiger partial charge in [0.25, 0.3) is 0 Å². The molecule has 0 radical (unpaired) electrons. The first-order valence-corrected chi connectivity index (χ1v) is 9.74. The number of phenols is 1. The molecule has 0 aliphatic carbocycles. The third-order valence-electron chi connectivity index (χ3n) is 3.40. The van der Waals surface area contributed by atoms with Gasteiger partial charge in [0.15, 0.2) is 0 Å². The zero-order valence-corrected chi connectivity index (χ0v) is 14.8. The van der Waals surface area contributed by atoms with Gasteiger partial charge in [0.1, 0.15) is 18.1 Å². The van der Waals surface area contributed by atoms with E-state index in [2.05, 4.69) is 0 Å². The predicted octanol–water partition coefficient (Wildman–Crippen LogP) is 3.42. The van der Waals surface area contributed by atoms with Gasteiger partial charge in [-0.3, -0.25) is 0 Å². The molecule has 2 aliphatic rings. The number of thioether (sulfide) groups is 2. The van der Waals surface area contributed by atoms with Gasteiger partial charge < -0.3 is 19.7 Å². The zero-order valence-electron chi connectivity index (χ0n) is 13.1. The Morgan fingerprint density at radius 3 is 2.62 bits per heavy atom. The first-order valence-electron chi connectivity index (χ1n) is 7.77. The van der Waals surface area contributed by atoms with Gasteiger partial charge >= 0.3 is 0 Å². The Hall–Kier alpha value is -1.34. The lowest BCUT2D eigenvalue weighted by Crippen LogP contribution is -2.17. The summed E-state index contributed by atoms with van der Waals surface area (Å²) in [6, 6.07) is 15.2. The number of rotatable bonds is 3. The number of aliphatic hydroxyl groups is 1. The van der Waals surface area contributed by atoms with Gasteiger partial charge in [0, 0.05) is 21.3 Å². The van der Waals surface area contributed by atoms with Crippen molar-refractivity contribution >= 4 is 23.5 Å². The molecule has 1 fully saturated rings. The average Bonchev–Trinajstić information content (AvgIpc) is 3.44. The van der Waals surface area contributed by atoms with Gasteiger partial charge in [0.2, 0.25) is 0 Å². The summed E-state index contributed by atoms with van der Waals surface area (Å²) in [5, 5.41) is 18.7. The number of fused-ring (bicyclic) bond motifs is 1. The van der Waals surface area contributed by atoms with Crippen LogP contribution in [0.25, 0.3) is 0 Å². The second-order valence-electron chi connectivity index (χ2n) is 5.46. The van der Waals surface area contributed by atoms with Crippen molar-refractivity contribution in [2.24, 2.45) is 0 Å². The van der Waals surface area contributed by atoms with E-state index in [-0.39, 0.29) is 6.10 Å². The molecule has 2 aromatic rings. The van der Waals surface area contributed by atoms with Gasteiger partial charge in [-0.1, -0.05) is 24.3 Å². The summed E-state index contributed by atoms with van der Waals surface area (Å²) < 4.78 is 10.5. The van der Waals surface area contributed by atoms with Crippen LogP contribution in [0, 0.1) is 0 Å². The number of epoxide rings is 1. The van der Waals surface area contributed by atoms with Gasteiger partial charge in [-0.2, -0.15) is 0 Å². The molecule has 0 saturated carbocycles. The van der Waals surface area contributed by atoms with Crippen molar-refractivity contribution in [3.63, 3.8) is 0 Å². The van der Waals surface area contributed by atoms with Crippen LogP contribution in [0.3, 0.4) is 0 Å². The van der Waals surface area contributed by atoms with E-state index in [9.17, 15) is 10.2 Å². The van der Waals surface area contributed by atoms with E-state index in [1.54, 1.807) is 29.6 Å². The minimum absolute atomic E-state index is 0.345. The van der Waals surface area contributed by atoms with E-state index in [0.717, 1.165) is 33.7 Å². The van der Waals surface area contributed by atoms with Gasteiger partial charge in [0.05, 0.1) is 18.8 Å². The highest BCUT2D eigenvalue weighted by molar-refractivity contribution is 7.99. The Balaban J connectivity index is 0.000000141. The first-order chi connectivity index (χ1) is 11.7. The lowest BCUT2D eigenvalue weighted by Gasteiger charge is -2.05. The molecule has 2 aromatic carbocycles. The molecule has 1 saturated heterocycles. The van der Waals surface area contributed by atoms with Crippen molar-refractivity contribution < 1.29 is 19.7 Å². The standard InChI is InChI=1S/2C9H10O2S/c10-8-3-1-2-4-9(8)12-6-7-5-11-7;10-7-5-11-8-3-1-2-4-9(8)12-6-7/h2*1-4,7,10H,5-6H2. The van der Waals surface area contributed by atoms with E-state index in [1.807, 2.05) is 42.5 Å². The summed E-state index contributed by atoms with van der Waals surface area (Å²) in [5.41, 5.74) is 0. The fourth-order valence-electron chi connectivity index (χ4n) is 2.03. The normalized spacial score (nSPS) is 21.5. The summed E-state index contributed by atoms with van der Waals surface area (Å²) in [6.07, 6.45) is 0.0667. The van der Waals surface area contributed by atoms with Crippen LogP contribution in [0.5, 0.6) is 11.5 Å². The Kier molecular flexibility index (Phi) is 6.31. The molecule has 0 aromatic heterocycles. The third-order valence-corrected chi connectivity index (χ3v) is 5.80. The molecule has 2 heterocycles. The molecule has 2 atom stereocenters. The number of hydrogen-bond acceptors (Lipinski definition) is 6. The predicted molar refractivity (Wildman–Crippen MR) is 97.2 cm³/mol. The maximum Gasteiger partial charge on any atom is 0.132 e. The minimum atomic E-state index is -0.345. The van der Waals surface area contributed by atoms with Crippen LogP contribution in [0.15, 0.2) is 58.3 Å². The second kappa shape index (κ2) is 8.67. The Morgan fingerprint density at radius 2 is 1.83 bits per heavy atom. The SMILES string of the molecule is OC1COc2ccccc2SC1.Oc1ccccc1SCC1CO1. The minimum Gasteiger partial charge on any atom is -0.507 e. The number of aliphatic hydroxyl groups excluding tert-OH is 1. The van der Waals surface area contributed by atoms with E-state index in [0.29, 0.717) is 18.5 Å². The monoisotopic (exact) mass is 364 g/mol. The maximum atomic E-state index is 9.38. The summed E-state index contributed by atoms with van der Waals surface area (Å²) in [7, 11) is 0. The van der Waals surface area contributed by atoms with E-state index >= 15 is 0 Å². The Bertz CT molecular complexity index is 634. The zero-order chi connectivity index (χ0) is 16.8. The number of para-hydroxylation sites is 2. The molecule has 24 heavy (non-hydrogen) atoms. The molecule has 2 aliphatic heterocycles. The van der Waals surface area contributed by atoms with Crippen molar-refractivity contribution in [3.05, 3.63) is 48.5 Å². The molecule has 2 N–H and O–H groups in total. The summed E-state index contributed by atoms with van der Waals surface area (Å²) in [5.74, 6) is 2.91. The maximum absolute atomic E-state index is 9.38.